The minimum absolute atomic E-state index is 0.440. The number of pyridine rings is 1. The largest absolute Gasteiger partial charge is 0.301 e. The van der Waals surface area contributed by atoms with E-state index in [-0.39, 0.29) is 0 Å². The summed E-state index contributed by atoms with van der Waals surface area (Å²) >= 11 is 0. The van der Waals surface area contributed by atoms with Crippen molar-refractivity contribution in [2.45, 2.75) is 25.8 Å². The van der Waals surface area contributed by atoms with E-state index in [2.05, 4.69) is 33.8 Å². The third-order valence-electron chi connectivity index (χ3n) is 3.88. The number of hydrogen-bond acceptors (Lipinski definition) is 4. The highest BCUT2D eigenvalue weighted by Crippen LogP contribution is 2.20. The standard InChI is InChI=1S/C15H22N4/c1-14(15-5-4-7-17-13-15)19-11-9-18(10-12-19)8-3-2-6-16/h4-5,7,13-14H,2-3,8-12H2,1H3/t14-/m0/s1. The van der Waals surface area contributed by atoms with Crippen LogP contribution in [-0.4, -0.2) is 47.5 Å². The Morgan fingerprint density at radius 2 is 2.16 bits per heavy atom. The summed E-state index contributed by atoms with van der Waals surface area (Å²) in [4.78, 5) is 9.17. The lowest BCUT2D eigenvalue weighted by molar-refractivity contribution is 0.102. The second-order valence-corrected chi connectivity index (χ2v) is 5.10. The number of rotatable bonds is 5. The fraction of sp³-hybridized carbons (Fsp3) is 0.600. The molecule has 1 aromatic heterocycles. The molecule has 0 bridgehead atoms. The maximum atomic E-state index is 8.55. The van der Waals surface area contributed by atoms with E-state index in [0.29, 0.717) is 12.5 Å². The van der Waals surface area contributed by atoms with Crippen LogP contribution in [0.25, 0.3) is 0 Å². The SMILES string of the molecule is C[C@@H](c1cccnc1)N1CCN(CCCC#N)CC1. The molecule has 1 aromatic rings. The summed E-state index contributed by atoms with van der Waals surface area (Å²) in [5, 5.41) is 8.55. The van der Waals surface area contributed by atoms with E-state index in [4.69, 9.17) is 5.26 Å². The number of aromatic nitrogens is 1. The zero-order chi connectivity index (χ0) is 13.5. The van der Waals surface area contributed by atoms with Crippen LogP contribution in [0.15, 0.2) is 24.5 Å². The highest BCUT2D eigenvalue weighted by molar-refractivity contribution is 5.13. The second-order valence-electron chi connectivity index (χ2n) is 5.10. The normalized spacial score (nSPS) is 18.9. The Bertz CT molecular complexity index is 404. The van der Waals surface area contributed by atoms with Crippen LogP contribution in [0.4, 0.5) is 0 Å². The molecule has 19 heavy (non-hydrogen) atoms. The van der Waals surface area contributed by atoms with Gasteiger partial charge >= 0.3 is 0 Å². The van der Waals surface area contributed by atoms with Crippen LogP contribution in [0.5, 0.6) is 0 Å². The van der Waals surface area contributed by atoms with Crippen LogP contribution in [0, 0.1) is 11.3 Å². The number of hydrogen-bond donors (Lipinski definition) is 0. The summed E-state index contributed by atoms with van der Waals surface area (Å²) in [6, 6.07) is 6.81. The van der Waals surface area contributed by atoms with Gasteiger partial charge in [-0.25, -0.2) is 0 Å². The van der Waals surface area contributed by atoms with Crippen LogP contribution >= 0.6 is 0 Å². The average Bonchev–Trinajstić information content (AvgIpc) is 2.48. The molecule has 1 atom stereocenters. The van der Waals surface area contributed by atoms with Gasteiger partial charge in [0, 0.05) is 51.0 Å². The molecule has 1 aliphatic heterocycles. The van der Waals surface area contributed by atoms with Gasteiger partial charge in [0.2, 0.25) is 0 Å². The molecule has 1 saturated heterocycles. The summed E-state index contributed by atoms with van der Waals surface area (Å²) in [5.41, 5.74) is 1.29. The van der Waals surface area contributed by atoms with E-state index < -0.39 is 0 Å². The summed E-state index contributed by atoms with van der Waals surface area (Å²) < 4.78 is 0. The second kappa shape index (κ2) is 7.22. The summed E-state index contributed by atoms with van der Waals surface area (Å²) in [5.74, 6) is 0. The lowest BCUT2D eigenvalue weighted by Gasteiger charge is -2.38. The molecule has 2 heterocycles. The minimum Gasteiger partial charge on any atom is -0.301 e. The maximum absolute atomic E-state index is 8.55. The number of piperazine rings is 1. The fourth-order valence-electron chi connectivity index (χ4n) is 2.59. The molecule has 0 aromatic carbocycles. The van der Waals surface area contributed by atoms with Gasteiger partial charge in [-0.2, -0.15) is 5.26 Å². The molecule has 0 unspecified atom stereocenters. The van der Waals surface area contributed by atoms with E-state index in [0.717, 1.165) is 39.1 Å². The molecule has 4 nitrogen and oxygen atoms in total. The van der Waals surface area contributed by atoms with Crippen molar-refractivity contribution < 1.29 is 0 Å². The van der Waals surface area contributed by atoms with Crippen molar-refractivity contribution in [1.29, 1.82) is 5.26 Å². The molecule has 0 amide bonds. The van der Waals surface area contributed by atoms with Crippen molar-refractivity contribution in [2.75, 3.05) is 32.7 Å². The first-order valence-electron chi connectivity index (χ1n) is 7.04. The molecule has 1 aliphatic rings. The minimum atomic E-state index is 0.440. The third-order valence-corrected chi connectivity index (χ3v) is 3.88. The summed E-state index contributed by atoms with van der Waals surface area (Å²) in [6.45, 7) is 7.72. The van der Waals surface area contributed by atoms with Gasteiger partial charge in [-0.15, -0.1) is 0 Å². The first-order chi connectivity index (χ1) is 9.31. The Balaban J connectivity index is 1.78. The van der Waals surface area contributed by atoms with Crippen LogP contribution in [-0.2, 0) is 0 Å². The highest BCUT2D eigenvalue weighted by Gasteiger charge is 2.21. The third kappa shape index (κ3) is 4.02. The Hall–Kier alpha value is -1.44. The van der Waals surface area contributed by atoms with Crippen molar-refractivity contribution in [1.82, 2.24) is 14.8 Å². The van der Waals surface area contributed by atoms with Crippen LogP contribution < -0.4 is 0 Å². The van der Waals surface area contributed by atoms with Gasteiger partial charge in [-0.05, 0) is 31.5 Å². The van der Waals surface area contributed by atoms with Gasteiger partial charge in [0.05, 0.1) is 6.07 Å². The van der Waals surface area contributed by atoms with E-state index in [1.807, 2.05) is 18.5 Å². The smallest absolute Gasteiger partial charge is 0.0622 e. The van der Waals surface area contributed by atoms with Gasteiger partial charge in [0.15, 0.2) is 0 Å². The Morgan fingerprint density at radius 1 is 1.37 bits per heavy atom. The predicted octanol–water partition coefficient (Wildman–Crippen LogP) is 2.06. The van der Waals surface area contributed by atoms with E-state index >= 15 is 0 Å². The van der Waals surface area contributed by atoms with Crippen molar-refractivity contribution in [3.63, 3.8) is 0 Å². The molecular formula is C15H22N4. The van der Waals surface area contributed by atoms with Gasteiger partial charge in [-0.1, -0.05) is 6.07 Å². The molecule has 0 aliphatic carbocycles. The maximum Gasteiger partial charge on any atom is 0.0622 e. The lowest BCUT2D eigenvalue weighted by atomic mass is 10.1. The van der Waals surface area contributed by atoms with Crippen molar-refractivity contribution in [3.8, 4) is 6.07 Å². The van der Waals surface area contributed by atoms with Crippen molar-refractivity contribution in [3.05, 3.63) is 30.1 Å². The predicted molar refractivity (Wildman–Crippen MR) is 75.5 cm³/mol. The molecule has 0 spiro atoms. The first-order valence-corrected chi connectivity index (χ1v) is 7.04. The Morgan fingerprint density at radius 3 is 2.79 bits per heavy atom. The Labute approximate surface area is 115 Å². The number of nitriles is 1. The monoisotopic (exact) mass is 258 g/mol. The quantitative estimate of drug-likeness (QED) is 0.758. The molecule has 0 N–H and O–H groups in total. The average molecular weight is 258 g/mol. The molecular weight excluding hydrogens is 236 g/mol. The zero-order valence-electron chi connectivity index (χ0n) is 11.6. The lowest BCUT2D eigenvalue weighted by Crippen LogP contribution is -2.47. The van der Waals surface area contributed by atoms with Gasteiger partial charge in [-0.3, -0.25) is 9.88 Å². The Kier molecular flexibility index (Phi) is 5.31. The molecule has 102 valence electrons. The first kappa shape index (κ1) is 14.0. The number of unbranched alkanes of at least 4 members (excludes halogenated alkanes) is 1. The van der Waals surface area contributed by atoms with Gasteiger partial charge in [0.25, 0.3) is 0 Å². The van der Waals surface area contributed by atoms with E-state index in [1.54, 1.807) is 0 Å². The van der Waals surface area contributed by atoms with Crippen LogP contribution in [0.3, 0.4) is 0 Å². The van der Waals surface area contributed by atoms with E-state index in [9.17, 15) is 0 Å². The molecule has 2 rings (SSSR count). The molecule has 4 heteroatoms. The van der Waals surface area contributed by atoms with Crippen molar-refractivity contribution in [2.24, 2.45) is 0 Å². The highest BCUT2D eigenvalue weighted by atomic mass is 15.3. The summed E-state index contributed by atoms with van der Waals surface area (Å²) in [6.07, 6.45) is 5.45. The topological polar surface area (TPSA) is 43.2 Å². The molecule has 0 radical (unpaired) electrons. The van der Waals surface area contributed by atoms with Crippen LogP contribution in [0.1, 0.15) is 31.4 Å². The summed E-state index contributed by atoms with van der Waals surface area (Å²) in [7, 11) is 0. The molecule has 0 saturated carbocycles. The van der Waals surface area contributed by atoms with Crippen molar-refractivity contribution >= 4 is 0 Å². The molecule has 1 fully saturated rings. The zero-order valence-corrected chi connectivity index (χ0v) is 11.6. The van der Waals surface area contributed by atoms with Gasteiger partial charge in [0.1, 0.15) is 0 Å². The van der Waals surface area contributed by atoms with Gasteiger partial charge < -0.3 is 4.90 Å². The van der Waals surface area contributed by atoms with E-state index in [1.165, 1.54) is 5.56 Å². The van der Waals surface area contributed by atoms with Crippen LogP contribution in [0.2, 0.25) is 0 Å². The fourth-order valence-corrected chi connectivity index (χ4v) is 2.59. The number of nitrogens with zero attached hydrogens (tertiary/aromatic N) is 4.